The number of nitrogens with one attached hydrogen (secondary N) is 3. The number of H-pyrrole nitrogens is 2. The van der Waals surface area contributed by atoms with Gasteiger partial charge >= 0.3 is 11.7 Å². The summed E-state index contributed by atoms with van der Waals surface area (Å²) in [7, 11) is 0. The first-order chi connectivity index (χ1) is 11.8. The molecular weight excluding hydrogens is 394 g/mol. The number of hydrogen-bond donors (Lipinski definition) is 3. The van der Waals surface area contributed by atoms with Gasteiger partial charge in [0.1, 0.15) is 17.1 Å². The number of ether oxygens (including phenoxy) is 1. The van der Waals surface area contributed by atoms with Gasteiger partial charge in [-0.25, -0.2) is 9.59 Å². The summed E-state index contributed by atoms with van der Waals surface area (Å²) in [5.41, 5.74) is 1.54. The zero-order valence-electron chi connectivity index (χ0n) is 13.4. The van der Waals surface area contributed by atoms with Crippen LogP contribution in [0.15, 0.2) is 31.9 Å². The molecule has 0 aliphatic rings. The Balaban J connectivity index is 1.66. The molecule has 0 aliphatic heterocycles. The van der Waals surface area contributed by atoms with Gasteiger partial charge in [0.2, 0.25) is 0 Å². The van der Waals surface area contributed by atoms with Gasteiger partial charge in [-0.05, 0) is 48.0 Å². The van der Waals surface area contributed by atoms with Crippen LogP contribution in [0.25, 0.3) is 11.0 Å². The zero-order valence-corrected chi connectivity index (χ0v) is 14.9. The van der Waals surface area contributed by atoms with E-state index >= 15 is 0 Å². The van der Waals surface area contributed by atoms with Gasteiger partial charge in [0.05, 0.1) is 16.7 Å². The van der Waals surface area contributed by atoms with Crippen LogP contribution in [-0.2, 0) is 9.53 Å². The average Bonchev–Trinajstić information content (AvgIpc) is 3.05. The summed E-state index contributed by atoms with van der Waals surface area (Å²) in [5, 5.41) is 2.62. The molecular formula is C16H14BrN3O5. The minimum Gasteiger partial charge on any atom is -0.466 e. The molecule has 0 fully saturated rings. The molecule has 2 heterocycles. The summed E-state index contributed by atoms with van der Waals surface area (Å²) in [6, 6.07) is 4.81. The van der Waals surface area contributed by atoms with Gasteiger partial charge in [0, 0.05) is 4.47 Å². The highest BCUT2D eigenvalue weighted by Gasteiger charge is 2.17. The zero-order chi connectivity index (χ0) is 18.1. The lowest BCUT2D eigenvalue weighted by Crippen LogP contribution is -2.21. The number of hydrogen-bond acceptors (Lipinski definition) is 5. The molecule has 9 heteroatoms. The van der Waals surface area contributed by atoms with E-state index in [-0.39, 0.29) is 11.3 Å². The molecule has 0 aliphatic carbocycles. The topological polar surface area (TPSA) is 117 Å². The average molecular weight is 408 g/mol. The van der Waals surface area contributed by atoms with E-state index < -0.39 is 18.5 Å². The number of anilines is 1. The van der Waals surface area contributed by atoms with Gasteiger partial charge in [-0.2, -0.15) is 0 Å². The van der Waals surface area contributed by atoms with Crippen LogP contribution in [0.4, 0.5) is 5.69 Å². The van der Waals surface area contributed by atoms with Crippen molar-refractivity contribution in [1.29, 1.82) is 0 Å². The maximum absolute atomic E-state index is 12.0. The van der Waals surface area contributed by atoms with Crippen LogP contribution in [0.2, 0.25) is 0 Å². The number of carbonyl (C=O) groups excluding carboxylic acids is 2. The van der Waals surface area contributed by atoms with Crippen LogP contribution in [0.3, 0.4) is 0 Å². The number of halogens is 1. The van der Waals surface area contributed by atoms with Gasteiger partial charge in [0.15, 0.2) is 6.61 Å². The van der Waals surface area contributed by atoms with E-state index in [9.17, 15) is 14.4 Å². The largest absolute Gasteiger partial charge is 0.466 e. The van der Waals surface area contributed by atoms with Crippen molar-refractivity contribution >= 4 is 44.5 Å². The van der Waals surface area contributed by atoms with Crippen molar-refractivity contribution in [3.05, 3.63) is 50.2 Å². The third kappa shape index (κ3) is 3.66. The van der Waals surface area contributed by atoms with Crippen molar-refractivity contribution < 1.29 is 18.7 Å². The van der Waals surface area contributed by atoms with E-state index in [0.717, 1.165) is 0 Å². The molecule has 2 aromatic heterocycles. The number of rotatable bonds is 4. The first-order valence-corrected chi connectivity index (χ1v) is 8.08. The second-order valence-electron chi connectivity index (χ2n) is 5.41. The summed E-state index contributed by atoms with van der Waals surface area (Å²) in [6.07, 6.45) is 0. The molecule has 0 saturated heterocycles. The van der Waals surface area contributed by atoms with Gasteiger partial charge in [-0.3, -0.25) is 4.79 Å². The SMILES string of the molecule is Cc1cc(C(=O)OCC(=O)Nc2cc3[nH]c(=O)[nH]c3cc2Br)c(C)o1. The van der Waals surface area contributed by atoms with Crippen LogP contribution in [0.1, 0.15) is 21.9 Å². The normalized spacial score (nSPS) is 10.8. The molecule has 8 nitrogen and oxygen atoms in total. The summed E-state index contributed by atoms with van der Waals surface area (Å²) in [5.74, 6) is -0.114. The monoisotopic (exact) mass is 407 g/mol. The highest BCUT2D eigenvalue weighted by Crippen LogP contribution is 2.26. The molecule has 130 valence electrons. The molecule has 0 atom stereocenters. The Kier molecular flexibility index (Phi) is 4.49. The van der Waals surface area contributed by atoms with Crippen molar-refractivity contribution in [3.8, 4) is 0 Å². The van der Waals surface area contributed by atoms with Crippen molar-refractivity contribution in [3.63, 3.8) is 0 Å². The summed E-state index contributed by atoms with van der Waals surface area (Å²) < 4.78 is 10.8. The Morgan fingerprint density at radius 1 is 1.20 bits per heavy atom. The Morgan fingerprint density at radius 3 is 2.52 bits per heavy atom. The Bertz CT molecular complexity index is 1030. The highest BCUT2D eigenvalue weighted by molar-refractivity contribution is 9.10. The van der Waals surface area contributed by atoms with Gasteiger partial charge < -0.3 is 24.4 Å². The van der Waals surface area contributed by atoms with Gasteiger partial charge in [0.25, 0.3) is 5.91 Å². The minimum atomic E-state index is -0.631. The molecule has 1 amide bonds. The number of amides is 1. The second-order valence-corrected chi connectivity index (χ2v) is 6.26. The van der Waals surface area contributed by atoms with E-state index in [1.54, 1.807) is 32.0 Å². The van der Waals surface area contributed by atoms with E-state index in [4.69, 9.17) is 9.15 Å². The number of fused-ring (bicyclic) bond motifs is 1. The number of aromatic amines is 2. The van der Waals surface area contributed by atoms with E-state index in [0.29, 0.717) is 32.7 Å². The number of carbonyl (C=O) groups is 2. The second kappa shape index (κ2) is 6.60. The number of esters is 1. The summed E-state index contributed by atoms with van der Waals surface area (Å²) >= 11 is 3.31. The van der Waals surface area contributed by atoms with E-state index in [1.807, 2.05) is 0 Å². The van der Waals surface area contributed by atoms with Crippen LogP contribution < -0.4 is 11.0 Å². The molecule has 1 aromatic carbocycles. The number of aryl methyl sites for hydroxylation is 2. The molecule has 3 rings (SSSR count). The van der Waals surface area contributed by atoms with Crippen LogP contribution >= 0.6 is 15.9 Å². The molecule has 0 unspecified atom stereocenters. The van der Waals surface area contributed by atoms with Crippen LogP contribution in [0.5, 0.6) is 0 Å². The van der Waals surface area contributed by atoms with Crippen molar-refractivity contribution in [2.75, 3.05) is 11.9 Å². The molecule has 0 radical (unpaired) electrons. The fourth-order valence-electron chi connectivity index (χ4n) is 2.38. The quantitative estimate of drug-likeness (QED) is 0.574. The fourth-order valence-corrected chi connectivity index (χ4v) is 2.82. The maximum atomic E-state index is 12.0. The van der Waals surface area contributed by atoms with E-state index in [1.165, 1.54) is 0 Å². The smallest absolute Gasteiger partial charge is 0.342 e. The fraction of sp³-hybridized carbons (Fsp3) is 0.188. The standard InChI is InChI=1S/C16H14BrN3O5/c1-7-3-9(8(2)25-7)15(22)24-6-14(21)18-11-5-13-12(4-10(11)17)19-16(23)20-13/h3-5H,6H2,1-2H3,(H,18,21)(H2,19,20,23). The number of benzene rings is 1. The Morgan fingerprint density at radius 2 is 1.88 bits per heavy atom. The minimum absolute atomic E-state index is 0.290. The third-order valence-corrected chi connectivity index (χ3v) is 4.13. The maximum Gasteiger partial charge on any atom is 0.342 e. The molecule has 0 saturated carbocycles. The predicted octanol–water partition coefficient (Wildman–Crippen LogP) is 2.62. The lowest BCUT2D eigenvalue weighted by molar-refractivity contribution is -0.119. The lowest BCUT2D eigenvalue weighted by atomic mass is 10.2. The summed E-state index contributed by atoms with van der Waals surface area (Å²) in [4.78, 5) is 40.5. The summed E-state index contributed by atoms with van der Waals surface area (Å²) in [6.45, 7) is 2.92. The van der Waals surface area contributed by atoms with Gasteiger partial charge in [-0.15, -0.1) is 0 Å². The third-order valence-electron chi connectivity index (χ3n) is 3.47. The van der Waals surface area contributed by atoms with Crippen LogP contribution in [0, 0.1) is 13.8 Å². The molecule has 0 bridgehead atoms. The lowest BCUT2D eigenvalue weighted by Gasteiger charge is -2.08. The molecule has 25 heavy (non-hydrogen) atoms. The molecule has 0 spiro atoms. The van der Waals surface area contributed by atoms with Crippen molar-refractivity contribution in [2.45, 2.75) is 13.8 Å². The molecule has 3 aromatic rings. The van der Waals surface area contributed by atoms with E-state index in [2.05, 4.69) is 31.2 Å². The predicted molar refractivity (Wildman–Crippen MR) is 93.7 cm³/mol. The Hall–Kier alpha value is -2.81. The highest BCUT2D eigenvalue weighted by atomic mass is 79.9. The van der Waals surface area contributed by atoms with Crippen molar-refractivity contribution in [2.24, 2.45) is 0 Å². The first kappa shape index (κ1) is 17.0. The number of imidazole rings is 1. The first-order valence-electron chi connectivity index (χ1n) is 7.29. The van der Waals surface area contributed by atoms with Gasteiger partial charge in [-0.1, -0.05) is 0 Å². The van der Waals surface area contributed by atoms with Crippen molar-refractivity contribution in [1.82, 2.24) is 9.97 Å². The molecule has 3 N–H and O–H groups in total. The Labute approximate surface area is 149 Å². The number of aromatic nitrogens is 2. The van der Waals surface area contributed by atoms with Crippen LogP contribution in [-0.4, -0.2) is 28.5 Å². The number of furan rings is 1.